The van der Waals surface area contributed by atoms with Gasteiger partial charge < -0.3 is 19.9 Å². The van der Waals surface area contributed by atoms with Gasteiger partial charge in [0.05, 0.1) is 25.9 Å². The summed E-state index contributed by atoms with van der Waals surface area (Å²) in [5.74, 6) is 0.989. The molecular formula is C13H15ClF3NO3. The summed E-state index contributed by atoms with van der Waals surface area (Å²) >= 11 is 6.08. The van der Waals surface area contributed by atoms with Crippen molar-refractivity contribution in [3.05, 3.63) is 22.7 Å². The van der Waals surface area contributed by atoms with Gasteiger partial charge in [-0.3, -0.25) is 0 Å². The van der Waals surface area contributed by atoms with Gasteiger partial charge in [-0.05, 0) is 11.6 Å². The molecule has 0 saturated heterocycles. The Kier molecular flexibility index (Phi) is 5.18. The van der Waals surface area contributed by atoms with E-state index in [0.717, 1.165) is 6.42 Å². The summed E-state index contributed by atoms with van der Waals surface area (Å²) in [6.45, 7) is -0.626. The van der Waals surface area contributed by atoms with Crippen LogP contribution in [0.3, 0.4) is 0 Å². The topological polar surface area (TPSA) is 53.7 Å². The average molecular weight is 326 g/mol. The van der Waals surface area contributed by atoms with Gasteiger partial charge >= 0.3 is 6.18 Å². The van der Waals surface area contributed by atoms with Crippen LogP contribution >= 0.6 is 11.6 Å². The lowest BCUT2D eigenvalue weighted by molar-refractivity contribution is -0.174. The molecule has 2 rings (SSSR count). The van der Waals surface area contributed by atoms with Gasteiger partial charge in [0.1, 0.15) is 6.61 Å². The van der Waals surface area contributed by atoms with Gasteiger partial charge in [-0.1, -0.05) is 11.6 Å². The van der Waals surface area contributed by atoms with Crippen LogP contribution in [0, 0.1) is 0 Å². The summed E-state index contributed by atoms with van der Waals surface area (Å²) in [5.41, 5.74) is 6.29. The zero-order valence-electron chi connectivity index (χ0n) is 11.1. The molecule has 21 heavy (non-hydrogen) atoms. The summed E-state index contributed by atoms with van der Waals surface area (Å²) in [6.07, 6.45) is -3.64. The molecule has 0 aliphatic carbocycles. The number of nitrogens with two attached hydrogens (primary N) is 1. The lowest BCUT2D eigenvalue weighted by Gasteiger charge is -2.17. The fourth-order valence-corrected chi connectivity index (χ4v) is 2.17. The molecule has 1 heterocycles. The first-order valence-electron chi connectivity index (χ1n) is 6.36. The quantitative estimate of drug-likeness (QED) is 0.924. The first kappa shape index (κ1) is 16.2. The minimum atomic E-state index is -4.38. The molecule has 2 N–H and O–H groups in total. The Morgan fingerprint density at radius 3 is 2.48 bits per heavy atom. The summed E-state index contributed by atoms with van der Waals surface area (Å²) in [5, 5.41) is 0.308. The smallest absolute Gasteiger partial charge is 0.411 e. The van der Waals surface area contributed by atoms with Gasteiger partial charge in [0.2, 0.25) is 0 Å². The summed E-state index contributed by atoms with van der Waals surface area (Å²) in [7, 11) is 0. The molecule has 0 saturated carbocycles. The Bertz CT molecular complexity index is 496. The number of hydrogen-bond acceptors (Lipinski definition) is 4. The second-order valence-corrected chi connectivity index (χ2v) is 5.01. The van der Waals surface area contributed by atoms with Crippen molar-refractivity contribution in [3.8, 4) is 11.5 Å². The van der Waals surface area contributed by atoms with Gasteiger partial charge in [-0.25, -0.2) is 0 Å². The molecular weight excluding hydrogens is 311 g/mol. The number of alkyl halides is 3. The first-order valence-corrected chi connectivity index (χ1v) is 6.74. The molecule has 4 nitrogen and oxygen atoms in total. The molecule has 1 unspecified atom stereocenters. The van der Waals surface area contributed by atoms with Gasteiger partial charge in [0, 0.05) is 17.5 Å². The molecule has 0 fully saturated rings. The molecule has 0 aromatic heterocycles. The third-order valence-corrected chi connectivity index (χ3v) is 3.16. The third kappa shape index (κ3) is 4.66. The maximum Gasteiger partial charge on any atom is 0.411 e. The summed E-state index contributed by atoms with van der Waals surface area (Å²) < 4.78 is 51.6. The van der Waals surface area contributed by atoms with Crippen LogP contribution in [-0.4, -0.2) is 32.6 Å². The molecule has 0 spiro atoms. The summed E-state index contributed by atoms with van der Waals surface area (Å²) in [6, 6.07) is 2.36. The predicted molar refractivity (Wildman–Crippen MR) is 70.9 cm³/mol. The Morgan fingerprint density at radius 1 is 1.24 bits per heavy atom. The van der Waals surface area contributed by atoms with E-state index in [1.165, 1.54) is 0 Å². The van der Waals surface area contributed by atoms with E-state index in [0.29, 0.717) is 35.3 Å². The third-order valence-electron chi connectivity index (χ3n) is 2.83. The number of halogens is 4. The zero-order chi connectivity index (χ0) is 15.5. The van der Waals surface area contributed by atoms with Crippen LogP contribution in [0.4, 0.5) is 13.2 Å². The van der Waals surface area contributed by atoms with Gasteiger partial charge in [0.15, 0.2) is 11.5 Å². The second-order valence-electron chi connectivity index (χ2n) is 4.61. The Hall–Kier alpha value is -1.18. The highest BCUT2D eigenvalue weighted by molar-refractivity contribution is 6.31. The largest absolute Gasteiger partial charge is 0.490 e. The highest BCUT2D eigenvalue weighted by Crippen LogP contribution is 2.37. The van der Waals surface area contributed by atoms with Gasteiger partial charge in [-0.2, -0.15) is 13.2 Å². The molecule has 0 radical (unpaired) electrons. The lowest BCUT2D eigenvalue weighted by atomic mass is 10.1. The fourth-order valence-electron chi connectivity index (χ4n) is 1.88. The van der Waals surface area contributed by atoms with Crippen molar-refractivity contribution in [3.63, 3.8) is 0 Å². The van der Waals surface area contributed by atoms with Crippen LogP contribution in [0.1, 0.15) is 18.0 Å². The Morgan fingerprint density at radius 2 is 1.86 bits per heavy atom. The molecule has 8 heteroatoms. The van der Waals surface area contributed by atoms with Gasteiger partial charge in [0.25, 0.3) is 0 Å². The molecule has 1 aromatic rings. The van der Waals surface area contributed by atoms with E-state index in [-0.39, 0.29) is 6.61 Å². The second kappa shape index (κ2) is 6.72. The van der Waals surface area contributed by atoms with E-state index in [2.05, 4.69) is 4.74 Å². The molecule has 1 atom stereocenters. The summed E-state index contributed by atoms with van der Waals surface area (Å²) in [4.78, 5) is 0. The highest BCUT2D eigenvalue weighted by Gasteiger charge is 2.28. The van der Waals surface area contributed by atoms with E-state index >= 15 is 0 Å². The van der Waals surface area contributed by atoms with E-state index < -0.39 is 18.8 Å². The van der Waals surface area contributed by atoms with Crippen molar-refractivity contribution < 1.29 is 27.4 Å². The van der Waals surface area contributed by atoms with Crippen LogP contribution < -0.4 is 15.2 Å². The van der Waals surface area contributed by atoms with Crippen LogP contribution in [0.5, 0.6) is 11.5 Å². The first-order chi connectivity index (χ1) is 9.87. The van der Waals surface area contributed by atoms with Crippen molar-refractivity contribution in [2.24, 2.45) is 5.73 Å². The molecule has 1 aliphatic rings. The molecule has 1 aromatic carbocycles. The predicted octanol–water partition coefficient (Wildman–Crippen LogP) is 3.08. The number of benzene rings is 1. The van der Waals surface area contributed by atoms with E-state index in [1.54, 1.807) is 12.1 Å². The van der Waals surface area contributed by atoms with Gasteiger partial charge in [-0.15, -0.1) is 0 Å². The minimum Gasteiger partial charge on any atom is -0.490 e. The number of rotatable bonds is 4. The Balaban J connectivity index is 2.06. The zero-order valence-corrected chi connectivity index (χ0v) is 11.8. The highest BCUT2D eigenvalue weighted by atomic mass is 35.5. The minimum absolute atomic E-state index is 0.293. The van der Waals surface area contributed by atoms with E-state index in [4.69, 9.17) is 26.8 Å². The van der Waals surface area contributed by atoms with Crippen molar-refractivity contribution in [1.82, 2.24) is 0 Å². The van der Waals surface area contributed by atoms with Crippen LogP contribution in [0.2, 0.25) is 5.02 Å². The van der Waals surface area contributed by atoms with Crippen LogP contribution in [-0.2, 0) is 4.74 Å². The molecule has 0 bridgehead atoms. The monoisotopic (exact) mass is 325 g/mol. The normalized spacial score (nSPS) is 16.4. The van der Waals surface area contributed by atoms with E-state index in [1.807, 2.05) is 0 Å². The lowest BCUT2D eigenvalue weighted by Crippen LogP contribution is -2.23. The standard InChI is InChI=1S/C13H15ClF3NO3/c14-9-5-12-11(20-2-1-3-21-12)4-8(9)10(18)6-19-7-13(15,16)17/h4-5,10H,1-3,6-7,18H2. The Labute approximate surface area is 124 Å². The van der Waals surface area contributed by atoms with Crippen LogP contribution in [0.25, 0.3) is 0 Å². The molecule has 1 aliphatic heterocycles. The molecule has 118 valence electrons. The average Bonchev–Trinajstić information content (AvgIpc) is 2.60. The maximum atomic E-state index is 12.0. The van der Waals surface area contributed by atoms with Crippen molar-refractivity contribution in [1.29, 1.82) is 0 Å². The van der Waals surface area contributed by atoms with Crippen molar-refractivity contribution in [2.45, 2.75) is 18.6 Å². The van der Waals surface area contributed by atoms with Crippen molar-refractivity contribution >= 4 is 11.6 Å². The number of fused-ring (bicyclic) bond motifs is 1. The SMILES string of the molecule is NC(COCC(F)(F)F)c1cc2c(cc1Cl)OCCCO2. The van der Waals surface area contributed by atoms with Crippen molar-refractivity contribution in [2.75, 3.05) is 26.4 Å². The number of hydrogen-bond donors (Lipinski definition) is 1. The maximum absolute atomic E-state index is 12.0. The van der Waals surface area contributed by atoms with Crippen LogP contribution in [0.15, 0.2) is 12.1 Å². The fraction of sp³-hybridized carbons (Fsp3) is 0.538. The number of ether oxygens (including phenoxy) is 3. The van der Waals surface area contributed by atoms with E-state index in [9.17, 15) is 13.2 Å². The molecule has 0 amide bonds.